The van der Waals surface area contributed by atoms with Crippen molar-refractivity contribution < 1.29 is 13.9 Å². The predicted octanol–water partition coefficient (Wildman–Crippen LogP) is 4.10. The van der Waals surface area contributed by atoms with E-state index in [1.165, 1.54) is 17.4 Å². The maximum Gasteiger partial charge on any atom is 0.321 e. The Morgan fingerprint density at radius 2 is 2.09 bits per heavy atom. The number of halogens is 2. The highest BCUT2D eigenvalue weighted by atomic mass is 35.5. The highest BCUT2D eigenvalue weighted by Crippen LogP contribution is 2.30. The summed E-state index contributed by atoms with van der Waals surface area (Å²) < 4.78 is 19.6. The number of thiazole rings is 1. The molecule has 2 amide bonds. The summed E-state index contributed by atoms with van der Waals surface area (Å²) in [6, 6.07) is 7.75. The number of nitrogens with one attached hydrogen (secondary N) is 2. The highest BCUT2D eigenvalue weighted by Gasteiger charge is 2.14. The maximum absolute atomic E-state index is 14.3. The van der Waals surface area contributed by atoms with E-state index in [0.717, 1.165) is 39.3 Å². The number of nitrogens with zero attached hydrogens (tertiary/aromatic N) is 4. The fraction of sp³-hybridized carbons (Fsp3) is 0.381. The van der Waals surface area contributed by atoms with Crippen LogP contribution in [0.1, 0.15) is 6.42 Å². The van der Waals surface area contributed by atoms with Gasteiger partial charge in [-0.1, -0.05) is 22.9 Å². The average Bonchev–Trinajstić information content (AvgIpc) is 3.18. The summed E-state index contributed by atoms with van der Waals surface area (Å²) in [6.07, 6.45) is 0.867. The van der Waals surface area contributed by atoms with Crippen molar-refractivity contribution in [2.75, 3.05) is 56.7 Å². The number of benzene rings is 1. The first kappa shape index (κ1) is 22.7. The van der Waals surface area contributed by atoms with Gasteiger partial charge in [0.05, 0.1) is 18.9 Å². The van der Waals surface area contributed by atoms with Crippen LogP contribution < -0.4 is 15.5 Å². The minimum atomic E-state index is -0.432. The zero-order valence-corrected chi connectivity index (χ0v) is 19.2. The van der Waals surface area contributed by atoms with E-state index < -0.39 is 5.82 Å². The Kier molecular flexibility index (Phi) is 7.36. The molecule has 3 aromatic rings. The van der Waals surface area contributed by atoms with Crippen LogP contribution in [-0.2, 0) is 4.74 Å². The molecule has 4 rings (SSSR count). The lowest BCUT2D eigenvalue weighted by Gasteiger charge is -2.26. The molecular weight excluding hydrogens is 455 g/mol. The monoisotopic (exact) mass is 478 g/mol. The number of urea groups is 1. The molecule has 11 heteroatoms. The van der Waals surface area contributed by atoms with Crippen molar-refractivity contribution in [2.45, 2.75) is 6.42 Å². The van der Waals surface area contributed by atoms with Crippen molar-refractivity contribution in [3.8, 4) is 0 Å². The Morgan fingerprint density at radius 1 is 1.28 bits per heavy atom. The van der Waals surface area contributed by atoms with Gasteiger partial charge in [-0.05, 0) is 43.3 Å². The molecule has 0 atom stereocenters. The molecule has 8 nitrogen and oxygen atoms in total. The molecule has 0 aliphatic carbocycles. The van der Waals surface area contributed by atoms with Gasteiger partial charge in [0.15, 0.2) is 5.13 Å². The van der Waals surface area contributed by atoms with Crippen LogP contribution in [-0.4, -0.2) is 67.3 Å². The number of amides is 2. The molecule has 32 heavy (non-hydrogen) atoms. The van der Waals surface area contributed by atoms with Crippen LogP contribution >= 0.6 is 22.9 Å². The molecule has 0 spiro atoms. The van der Waals surface area contributed by atoms with Gasteiger partial charge in [-0.2, -0.15) is 0 Å². The number of fused-ring (bicyclic) bond motifs is 1. The molecule has 1 fully saturated rings. The molecule has 0 bridgehead atoms. The molecule has 0 unspecified atom stereocenters. The molecule has 1 saturated heterocycles. The van der Waals surface area contributed by atoms with Crippen LogP contribution in [0.2, 0.25) is 5.02 Å². The smallest absolute Gasteiger partial charge is 0.321 e. The Labute approximate surface area is 194 Å². The molecule has 3 heterocycles. The van der Waals surface area contributed by atoms with E-state index in [0.29, 0.717) is 38.6 Å². The number of ether oxygens (including phenoxy) is 1. The van der Waals surface area contributed by atoms with E-state index in [9.17, 15) is 9.18 Å². The molecule has 170 valence electrons. The second kappa shape index (κ2) is 10.4. The first-order valence-electron chi connectivity index (χ1n) is 10.3. The summed E-state index contributed by atoms with van der Waals surface area (Å²) in [6.45, 7) is 4.92. The first-order valence-corrected chi connectivity index (χ1v) is 11.5. The molecule has 1 aliphatic rings. The van der Waals surface area contributed by atoms with Gasteiger partial charge in [0.2, 0.25) is 0 Å². The van der Waals surface area contributed by atoms with Gasteiger partial charge in [-0.3, -0.25) is 10.2 Å². The van der Waals surface area contributed by atoms with Crippen LogP contribution in [0, 0.1) is 5.82 Å². The molecule has 2 N–H and O–H groups in total. The third-order valence-corrected chi connectivity index (χ3v) is 6.23. The van der Waals surface area contributed by atoms with Crippen LogP contribution in [0.3, 0.4) is 0 Å². The zero-order valence-electron chi connectivity index (χ0n) is 17.6. The van der Waals surface area contributed by atoms with E-state index in [1.807, 2.05) is 0 Å². The average molecular weight is 479 g/mol. The van der Waals surface area contributed by atoms with E-state index in [4.69, 9.17) is 16.3 Å². The van der Waals surface area contributed by atoms with E-state index in [2.05, 4.69) is 25.5 Å². The number of morpholine rings is 1. The lowest BCUT2D eigenvalue weighted by molar-refractivity contribution is 0.0375. The lowest BCUT2D eigenvalue weighted by Crippen LogP contribution is -2.38. The van der Waals surface area contributed by atoms with Crippen LogP contribution in [0.25, 0.3) is 10.3 Å². The predicted molar refractivity (Wildman–Crippen MR) is 126 cm³/mol. The molecule has 2 aromatic heterocycles. The van der Waals surface area contributed by atoms with Gasteiger partial charge in [0.1, 0.15) is 22.0 Å². The van der Waals surface area contributed by atoms with Gasteiger partial charge in [-0.25, -0.2) is 19.2 Å². The summed E-state index contributed by atoms with van der Waals surface area (Å²) in [5, 5.41) is 6.40. The molecule has 0 saturated carbocycles. The normalized spacial score (nSPS) is 14.5. The standard InChI is InChI=1S/C21H24ClFN6O2S/c1-28(17-5-3-14(22)13-15(17)23)18-6-4-16-19(26-18)32-21(25-16)27-20(30)24-7-2-8-29-9-11-31-12-10-29/h3-6,13H,2,7-12H2,1H3,(H2,24,25,27,30). The second-order valence-corrected chi connectivity index (χ2v) is 8.77. The quantitative estimate of drug-likeness (QED) is 0.497. The third kappa shape index (κ3) is 5.63. The fourth-order valence-electron chi connectivity index (χ4n) is 3.39. The molecule has 0 radical (unpaired) electrons. The van der Waals surface area contributed by atoms with Crippen LogP contribution in [0.5, 0.6) is 0 Å². The van der Waals surface area contributed by atoms with Gasteiger partial charge in [0.25, 0.3) is 0 Å². The SMILES string of the molecule is CN(c1ccc2nc(NC(=O)NCCCN3CCOCC3)sc2n1)c1ccc(Cl)cc1F. The highest BCUT2D eigenvalue weighted by molar-refractivity contribution is 7.22. The Balaban J connectivity index is 1.33. The zero-order chi connectivity index (χ0) is 22.5. The van der Waals surface area contributed by atoms with Crippen LogP contribution in [0.15, 0.2) is 30.3 Å². The topological polar surface area (TPSA) is 82.6 Å². The number of aromatic nitrogens is 2. The number of hydrogen-bond donors (Lipinski definition) is 2. The van der Waals surface area contributed by atoms with Crippen molar-refractivity contribution in [1.82, 2.24) is 20.2 Å². The second-order valence-electron chi connectivity index (χ2n) is 7.36. The van der Waals surface area contributed by atoms with E-state index >= 15 is 0 Å². The number of rotatable bonds is 7. The number of carbonyl (C=O) groups excluding carboxylic acids is 1. The third-order valence-electron chi connectivity index (χ3n) is 5.12. The fourth-order valence-corrected chi connectivity index (χ4v) is 4.38. The Morgan fingerprint density at radius 3 is 2.88 bits per heavy atom. The summed E-state index contributed by atoms with van der Waals surface area (Å²) in [4.78, 5) is 25.8. The van der Waals surface area contributed by atoms with Crippen molar-refractivity contribution >= 4 is 56.0 Å². The summed E-state index contributed by atoms with van der Waals surface area (Å²) in [5.74, 6) is 0.125. The molecule has 1 aliphatic heterocycles. The van der Waals surface area contributed by atoms with Crippen molar-refractivity contribution in [3.05, 3.63) is 41.2 Å². The number of hydrogen-bond acceptors (Lipinski definition) is 7. The van der Waals surface area contributed by atoms with Crippen molar-refractivity contribution in [1.29, 1.82) is 0 Å². The summed E-state index contributed by atoms with van der Waals surface area (Å²) in [5.41, 5.74) is 1.02. The maximum atomic E-state index is 14.3. The van der Waals surface area contributed by atoms with E-state index in [-0.39, 0.29) is 6.03 Å². The van der Waals surface area contributed by atoms with E-state index in [1.54, 1.807) is 36.2 Å². The largest absolute Gasteiger partial charge is 0.379 e. The molecular formula is C21H24ClFN6O2S. The summed E-state index contributed by atoms with van der Waals surface area (Å²) >= 11 is 7.10. The number of anilines is 3. The van der Waals surface area contributed by atoms with Crippen LogP contribution in [0.4, 0.5) is 25.8 Å². The van der Waals surface area contributed by atoms with Gasteiger partial charge >= 0.3 is 6.03 Å². The van der Waals surface area contributed by atoms with Gasteiger partial charge in [-0.15, -0.1) is 0 Å². The first-order chi connectivity index (χ1) is 15.5. The van der Waals surface area contributed by atoms with Crippen molar-refractivity contribution in [2.24, 2.45) is 0 Å². The Bertz CT molecular complexity index is 1090. The van der Waals surface area contributed by atoms with Gasteiger partial charge in [0, 0.05) is 31.7 Å². The van der Waals surface area contributed by atoms with Crippen molar-refractivity contribution in [3.63, 3.8) is 0 Å². The number of pyridine rings is 1. The minimum Gasteiger partial charge on any atom is -0.379 e. The Hall–Kier alpha value is -2.53. The van der Waals surface area contributed by atoms with Gasteiger partial charge < -0.3 is 15.0 Å². The molecule has 1 aromatic carbocycles. The lowest BCUT2D eigenvalue weighted by atomic mass is 10.2. The number of carbonyl (C=O) groups is 1. The summed E-state index contributed by atoms with van der Waals surface area (Å²) in [7, 11) is 1.73. The minimum absolute atomic E-state index is 0.299.